The van der Waals surface area contributed by atoms with Gasteiger partial charge in [0.15, 0.2) is 0 Å². The lowest BCUT2D eigenvalue weighted by Gasteiger charge is -2.26. The van der Waals surface area contributed by atoms with Crippen molar-refractivity contribution in [2.45, 2.75) is 36.9 Å². The van der Waals surface area contributed by atoms with Crippen LogP contribution in [0.15, 0.2) is 23.1 Å². The van der Waals surface area contributed by atoms with Crippen LogP contribution in [0.2, 0.25) is 5.02 Å². The summed E-state index contributed by atoms with van der Waals surface area (Å²) < 4.78 is 29.8. The van der Waals surface area contributed by atoms with Crippen molar-refractivity contribution in [3.05, 3.63) is 28.8 Å². The predicted molar refractivity (Wildman–Crippen MR) is 103 cm³/mol. The summed E-state index contributed by atoms with van der Waals surface area (Å²) in [6, 6.07) is 4.45. The zero-order valence-electron chi connectivity index (χ0n) is 15.1. The lowest BCUT2D eigenvalue weighted by atomic mass is 10.0. The molecule has 2 N–H and O–H groups in total. The molecule has 1 aromatic rings. The zero-order valence-corrected chi connectivity index (χ0v) is 17.5. The maximum Gasteiger partial charge on any atom is 0.310 e. The molecule has 0 bridgehead atoms. The van der Waals surface area contributed by atoms with Crippen LogP contribution in [0.4, 0.5) is 0 Å². The Kier molecular flexibility index (Phi) is 6.10. The molecular formula is C16H25ClN3O3S2+. The molecule has 2 atom stereocenters. The molecule has 1 aliphatic rings. The van der Waals surface area contributed by atoms with Crippen LogP contribution < -0.4 is 4.72 Å². The maximum absolute atomic E-state index is 12.6. The first kappa shape index (κ1) is 20.5. The predicted octanol–water partition coefficient (Wildman–Crippen LogP) is 1.87. The van der Waals surface area contributed by atoms with Crippen molar-refractivity contribution in [1.29, 1.82) is 0 Å². The van der Waals surface area contributed by atoms with Crippen LogP contribution in [0.25, 0.3) is 0 Å². The quantitative estimate of drug-likeness (QED) is 0.730. The normalized spacial score (nSPS) is 22.4. The third-order valence-corrected chi connectivity index (χ3v) is 7.79. The Morgan fingerprint density at radius 3 is 2.64 bits per heavy atom. The minimum atomic E-state index is -3.76. The third kappa shape index (κ3) is 3.98. The number of hydrogen-bond acceptors (Lipinski definition) is 4. The SMILES string of the molecule is CCC(C)NS(=O)(=O)c1cc(C2(O)CSC(=[N+](C)C)N2C)ccc1Cl. The molecule has 0 saturated carbocycles. The van der Waals surface area contributed by atoms with Gasteiger partial charge in [-0.05, 0) is 37.2 Å². The van der Waals surface area contributed by atoms with Gasteiger partial charge in [-0.25, -0.2) is 18.0 Å². The Balaban J connectivity index is 2.48. The van der Waals surface area contributed by atoms with Gasteiger partial charge in [0, 0.05) is 11.6 Å². The molecule has 1 aromatic carbocycles. The lowest BCUT2D eigenvalue weighted by molar-refractivity contribution is -0.467. The van der Waals surface area contributed by atoms with Gasteiger partial charge in [-0.15, -0.1) is 0 Å². The Hall–Kier alpha value is -0.800. The van der Waals surface area contributed by atoms with Gasteiger partial charge < -0.3 is 5.11 Å². The van der Waals surface area contributed by atoms with Gasteiger partial charge in [0.2, 0.25) is 15.7 Å². The monoisotopic (exact) mass is 406 g/mol. The molecule has 0 aromatic heterocycles. The van der Waals surface area contributed by atoms with Crippen molar-refractivity contribution in [1.82, 2.24) is 9.62 Å². The van der Waals surface area contributed by atoms with Crippen molar-refractivity contribution in [3.63, 3.8) is 0 Å². The van der Waals surface area contributed by atoms with Crippen molar-refractivity contribution in [2.75, 3.05) is 26.9 Å². The van der Waals surface area contributed by atoms with Crippen molar-refractivity contribution in [2.24, 2.45) is 0 Å². The Labute approximate surface area is 158 Å². The van der Waals surface area contributed by atoms with E-state index in [0.717, 1.165) is 5.17 Å². The lowest BCUT2D eigenvalue weighted by Crippen LogP contribution is -2.44. The molecule has 0 amide bonds. The van der Waals surface area contributed by atoms with Crippen molar-refractivity contribution in [3.8, 4) is 0 Å². The van der Waals surface area contributed by atoms with Crippen LogP contribution in [-0.4, -0.2) is 61.1 Å². The number of benzene rings is 1. The first-order valence-corrected chi connectivity index (χ1v) is 10.8. The van der Waals surface area contributed by atoms with Gasteiger partial charge in [0.25, 0.3) is 0 Å². The van der Waals surface area contributed by atoms with Gasteiger partial charge in [-0.3, -0.25) is 4.58 Å². The summed E-state index contributed by atoms with van der Waals surface area (Å²) in [6.45, 7) is 3.69. The molecule has 1 heterocycles. The highest BCUT2D eigenvalue weighted by atomic mass is 35.5. The second-order valence-electron chi connectivity index (χ2n) is 6.42. The van der Waals surface area contributed by atoms with Gasteiger partial charge in [-0.2, -0.15) is 0 Å². The van der Waals surface area contributed by atoms with E-state index in [1.165, 1.54) is 23.9 Å². The summed E-state index contributed by atoms with van der Waals surface area (Å²) in [4.78, 5) is 1.73. The summed E-state index contributed by atoms with van der Waals surface area (Å²) in [5.74, 6) is 0.400. The number of nitrogens with zero attached hydrogens (tertiary/aromatic N) is 2. The Bertz CT molecular complexity index is 794. The highest BCUT2D eigenvalue weighted by Crippen LogP contribution is 2.39. The minimum absolute atomic E-state index is 0.0166. The standard InChI is InChI=1S/C16H25ClN3O3S2/c1-6-11(2)18-25(22,23)14-9-12(7-8-13(14)17)16(21)10-24-15(19(3)4)20(16)5/h7-9,11,18,21H,6,10H2,1-5H3/q+1. The Morgan fingerprint density at radius 2 is 2.12 bits per heavy atom. The van der Waals surface area contributed by atoms with Crippen LogP contribution >= 0.6 is 23.4 Å². The van der Waals surface area contributed by atoms with Crippen LogP contribution in [0.5, 0.6) is 0 Å². The molecule has 0 spiro atoms. The summed E-state index contributed by atoms with van der Waals surface area (Å²) in [5, 5.41) is 12.2. The maximum atomic E-state index is 12.6. The molecular weight excluding hydrogens is 382 g/mol. The summed E-state index contributed by atoms with van der Waals surface area (Å²) >= 11 is 7.65. The molecule has 9 heteroatoms. The van der Waals surface area contributed by atoms with E-state index in [1.54, 1.807) is 24.9 Å². The van der Waals surface area contributed by atoms with E-state index in [2.05, 4.69) is 4.72 Å². The number of thioether (sulfide) groups is 1. The molecule has 1 aliphatic heterocycles. The smallest absolute Gasteiger partial charge is 0.310 e. The number of hydrogen-bond donors (Lipinski definition) is 2. The summed E-state index contributed by atoms with van der Waals surface area (Å²) in [7, 11) is 1.83. The molecule has 1 saturated heterocycles. The van der Waals surface area contributed by atoms with E-state index in [-0.39, 0.29) is 16.0 Å². The number of rotatable bonds is 5. The molecule has 140 valence electrons. The van der Waals surface area contributed by atoms with Gasteiger partial charge in [0.1, 0.15) is 4.90 Å². The molecule has 0 aliphatic carbocycles. The molecule has 25 heavy (non-hydrogen) atoms. The fourth-order valence-corrected chi connectivity index (χ4v) is 5.74. The highest BCUT2D eigenvalue weighted by molar-refractivity contribution is 8.13. The third-order valence-electron chi connectivity index (χ3n) is 4.28. The highest BCUT2D eigenvalue weighted by Gasteiger charge is 2.49. The topological polar surface area (TPSA) is 72.7 Å². The van der Waals surface area contributed by atoms with Crippen LogP contribution in [0.3, 0.4) is 0 Å². The van der Waals surface area contributed by atoms with E-state index in [4.69, 9.17) is 11.6 Å². The van der Waals surface area contributed by atoms with Crippen LogP contribution in [-0.2, 0) is 15.7 Å². The first-order valence-electron chi connectivity index (χ1n) is 7.98. The van der Waals surface area contributed by atoms with E-state index in [0.29, 0.717) is 17.7 Å². The van der Waals surface area contributed by atoms with E-state index in [9.17, 15) is 13.5 Å². The number of aliphatic hydroxyl groups is 1. The van der Waals surface area contributed by atoms with Crippen LogP contribution in [0, 0.1) is 0 Å². The van der Waals surface area contributed by atoms with Gasteiger partial charge >= 0.3 is 5.17 Å². The number of halogens is 1. The molecule has 0 radical (unpaired) electrons. The second kappa shape index (κ2) is 7.44. The van der Waals surface area contributed by atoms with Gasteiger partial charge in [0.05, 0.1) is 31.9 Å². The van der Waals surface area contributed by atoms with E-state index >= 15 is 0 Å². The number of sulfonamides is 1. The zero-order chi connectivity index (χ0) is 19.0. The summed E-state index contributed by atoms with van der Waals surface area (Å²) in [5.41, 5.74) is -0.802. The molecule has 2 unspecified atom stereocenters. The summed E-state index contributed by atoms with van der Waals surface area (Å²) in [6.07, 6.45) is 0.668. The number of nitrogens with one attached hydrogen (secondary N) is 1. The van der Waals surface area contributed by atoms with Gasteiger partial charge in [-0.1, -0.05) is 24.6 Å². The molecule has 6 nitrogen and oxygen atoms in total. The largest absolute Gasteiger partial charge is 0.349 e. The average Bonchev–Trinajstić information content (AvgIpc) is 2.83. The molecule has 1 fully saturated rings. The van der Waals surface area contributed by atoms with E-state index in [1.807, 2.05) is 25.6 Å². The molecule has 2 rings (SSSR count). The van der Waals surface area contributed by atoms with E-state index < -0.39 is 15.7 Å². The minimum Gasteiger partial charge on any atom is -0.349 e. The first-order chi connectivity index (χ1) is 11.5. The number of amidine groups is 1. The Morgan fingerprint density at radius 1 is 1.48 bits per heavy atom. The fraction of sp³-hybridized carbons (Fsp3) is 0.562. The second-order valence-corrected chi connectivity index (χ2v) is 9.45. The fourth-order valence-electron chi connectivity index (χ4n) is 2.59. The van der Waals surface area contributed by atoms with Crippen LogP contribution in [0.1, 0.15) is 25.8 Å². The average molecular weight is 407 g/mol. The van der Waals surface area contributed by atoms with Crippen molar-refractivity contribution >= 4 is 38.6 Å². The van der Waals surface area contributed by atoms with Crippen molar-refractivity contribution < 1.29 is 18.1 Å².